The summed E-state index contributed by atoms with van der Waals surface area (Å²) in [6.45, 7) is 1.43. The van der Waals surface area contributed by atoms with Crippen LogP contribution in [0.15, 0.2) is 0 Å². The van der Waals surface area contributed by atoms with Crippen molar-refractivity contribution in [3.63, 3.8) is 0 Å². The van der Waals surface area contributed by atoms with Crippen LogP contribution in [-0.4, -0.2) is 17.4 Å². The zero-order valence-electron chi connectivity index (χ0n) is 5.52. The van der Waals surface area contributed by atoms with Gasteiger partial charge < -0.3 is 22.3 Å². The van der Waals surface area contributed by atoms with E-state index in [2.05, 4.69) is 0 Å². The third-order valence-corrected chi connectivity index (χ3v) is 0. The van der Waals surface area contributed by atoms with Crippen molar-refractivity contribution in [3.8, 4) is 6.07 Å². The summed E-state index contributed by atoms with van der Waals surface area (Å²) in [6, 6.07) is 1.75. The molecule has 0 atom stereocenters. The van der Waals surface area contributed by atoms with Crippen LogP contribution < -0.4 is 0 Å². The quantitative estimate of drug-likeness (QED) is 0.345. The zero-order valence-corrected chi connectivity index (χ0v) is 6.68. The zero-order chi connectivity index (χ0) is 2.71. The molecule has 1 nitrogen and oxygen atoms in total. The Balaban J connectivity index is -0.00000000333. The van der Waals surface area contributed by atoms with Crippen molar-refractivity contribution in [2.24, 2.45) is 0 Å². The molecular weight excluding hydrogens is 101 g/mol. The molecule has 0 aromatic carbocycles. The fourth-order valence-corrected chi connectivity index (χ4v) is 0. The molecule has 7 heavy (non-hydrogen) atoms. The molecule has 0 aromatic rings. The minimum Gasteiger partial charge on any atom is -0.358 e. The van der Waals surface area contributed by atoms with Crippen molar-refractivity contribution in [3.05, 3.63) is 22.3 Å². The number of nitrogens with zero attached hydrogens (tertiary/aromatic N) is 1. The molecule has 0 unspecified atom stereocenters. The van der Waals surface area contributed by atoms with Gasteiger partial charge in [0.2, 0.25) is 0 Å². The standard InChI is InChI=1S/C2H3N.3CH3.Al/c1-2-3;;;;/h1H3;3*1H3;/q;3*-1;+3. The first kappa shape index (κ1) is 62.3. The topological polar surface area (TPSA) is 23.8 Å². The van der Waals surface area contributed by atoms with Crippen molar-refractivity contribution in [2.75, 3.05) is 0 Å². The van der Waals surface area contributed by atoms with Gasteiger partial charge in [0, 0.05) is 6.92 Å². The first-order chi connectivity index (χ1) is 1.41. The Morgan fingerprint density at radius 3 is 1.14 bits per heavy atom. The van der Waals surface area contributed by atoms with Gasteiger partial charge in [-0.1, -0.05) is 0 Å². The van der Waals surface area contributed by atoms with E-state index in [1.807, 2.05) is 0 Å². The molecule has 0 heterocycles. The molecule has 0 saturated heterocycles. The minimum atomic E-state index is 0. The summed E-state index contributed by atoms with van der Waals surface area (Å²) in [5.74, 6) is 0. The molecule has 0 aliphatic carbocycles. The minimum absolute atomic E-state index is 0. The SMILES string of the molecule is CC#N.[Al+3].[CH3-].[CH3-].[CH3-]. The van der Waals surface area contributed by atoms with E-state index in [4.69, 9.17) is 5.26 Å². The Hall–Kier alpha value is 0.0225. The normalized spacial score (nSPS) is 1.14. The van der Waals surface area contributed by atoms with Crippen LogP contribution in [0.1, 0.15) is 6.92 Å². The number of hydrogen-bond donors (Lipinski definition) is 0. The van der Waals surface area contributed by atoms with E-state index in [0.717, 1.165) is 0 Å². The van der Waals surface area contributed by atoms with Gasteiger partial charge in [-0.2, -0.15) is 5.26 Å². The van der Waals surface area contributed by atoms with E-state index in [9.17, 15) is 0 Å². The molecule has 0 bridgehead atoms. The van der Waals surface area contributed by atoms with Crippen LogP contribution in [0.5, 0.6) is 0 Å². The van der Waals surface area contributed by atoms with Crippen molar-refractivity contribution in [1.82, 2.24) is 0 Å². The summed E-state index contributed by atoms with van der Waals surface area (Å²) in [7, 11) is 0. The van der Waals surface area contributed by atoms with Crippen LogP contribution in [0.3, 0.4) is 0 Å². The van der Waals surface area contributed by atoms with Crippen LogP contribution in [0, 0.1) is 33.6 Å². The van der Waals surface area contributed by atoms with E-state index in [0.29, 0.717) is 0 Å². The van der Waals surface area contributed by atoms with Gasteiger partial charge in [-0.25, -0.2) is 0 Å². The summed E-state index contributed by atoms with van der Waals surface area (Å²) in [6.07, 6.45) is 0. The molecule has 0 saturated carbocycles. The Morgan fingerprint density at radius 2 is 1.14 bits per heavy atom. The summed E-state index contributed by atoms with van der Waals surface area (Å²) < 4.78 is 0. The average molecular weight is 113 g/mol. The Bertz CT molecular complexity index is 29.6. The predicted octanol–water partition coefficient (Wildman–Crippen LogP) is 1.50. The molecule has 0 fully saturated rings. The molecule has 0 radical (unpaired) electrons. The van der Waals surface area contributed by atoms with Gasteiger partial charge in [-0.05, 0) is 0 Å². The van der Waals surface area contributed by atoms with Crippen LogP contribution in [0.2, 0.25) is 0 Å². The fraction of sp³-hybridized carbons (Fsp3) is 0.200. The van der Waals surface area contributed by atoms with Gasteiger partial charge in [0.05, 0.1) is 6.07 Å². The number of nitriles is 1. The molecule has 0 rings (SSSR count). The first-order valence-corrected chi connectivity index (χ1v) is 0.724. The van der Waals surface area contributed by atoms with Crippen molar-refractivity contribution >= 4 is 17.4 Å². The molecule has 0 N–H and O–H groups in total. The Labute approximate surface area is 58.5 Å². The average Bonchev–Trinajstić information content (AvgIpc) is 0.918. The molecular formula is C5H12AlN. The number of rotatable bonds is 0. The third-order valence-electron chi connectivity index (χ3n) is 0. The van der Waals surface area contributed by atoms with E-state index in [1.165, 1.54) is 6.92 Å². The van der Waals surface area contributed by atoms with Crippen LogP contribution >= 0.6 is 0 Å². The van der Waals surface area contributed by atoms with Gasteiger partial charge in [0.1, 0.15) is 0 Å². The largest absolute Gasteiger partial charge is 3.00 e. The molecule has 0 spiro atoms. The second kappa shape index (κ2) is 145. The second-order valence-corrected chi connectivity index (χ2v) is 0.224. The summed E-state index contributed by atoms with van der Waals surface area (Å²) in [5, 5.41) is 7.32. The van der Waals surface area contributed by atoms with Gasteiger partial charge in [-0.3, -0.25) is 0 Å². The first-order valence-electron chi connectivity index (χ1n) is 0.724. The van der Waals surface area contributed by atoms with Crippen LogP contribution in [0.25, 0.3) is 0 Å². The Kier molecular flexibility index (Phi) is 1290. The van der Waals surface area contributed by atoms with E-state index in [-0.39, 0.29) is 39.6 Å². The van der Waals surface area contributed by atoms with E-state index < -0.39 is 0 Å². The van der Waals surface area contributed by atoms with Gasteiger partial charge in [0.15, 0.2) is 0 Å². The van der Waals surface area contributed by atoms with E-state index in [1.54, 1.807) is 6.07 Å². The van der Waals surface area contributed by atoms with Crippen LogP contribution in [0.4, 0.5) is 0 Å². The van der Waals surface area contributed by atoms with Crippen molar-refractivity contribution < 1.29 is 0 Å². The Morgan fingerprint density at radius 1 is 1.14 bits per heavy atom. The summed E-state index contributed by atoms with van der Waals surface area (Å²) in [5.41, 5.74) is 0. The fourth-order valence-electron chi connectivity index (χ4n) is 0. The van der Waals surface area contributed by atoms with Gasteiger partial charge >= 0.3 is 17.4 Å². The van der Waals surface area contributed by atoms with Gasteiger partial charge in [-0.15, -0.1) is 0 Å². The molecule has 0 aliphatic heterocycles. The maximum absolute atomic E-state index is 7.32. The molecule has 0 amide bonds. The van der Waals surface area contributed by atoms with Gasteiger partial charge in [0.25, 0.3) is 0 Å². The smallest absolute Gasteiger partial charge is 0.358 e. The van der Waals surface area contributed by atoms with Crippen molar-refractivity contribution in [2.45, 2.75) is 6.92 Å². The second-order valence-electron chi connectivity index (χ2n) is 0.224. The van der Waals surface area contributed by atoms with Crippen LogP contribution in [-0.2, 0) is 0 Å². The molecule has 0 aromatic heterocycles. The maximum Gasteiger partial charge on any atom is 3.00 e. The molecule has 0 aliphatic rings. The number of hydrogen-bond acceptors (Lipinski definition) is 1. The predicted molar refractivity (Wildman–Crippen MR) is 36.3 cm³/mol. The maximum atomic E-state index is 7.32. The summed E-state index contributed by atoms with van der Waals surface area (Å²) >= 11 is 0. The molecule has 2 heteroatoms. The van der Waals surface area contributed by atoms with Crippen molar-refractivity contribution in [1.29, 1.82) is 5.26 Å². The summed E-state index contributed by atoms with van der Waals surface area (Å²) in [4.78, 5) is 0. The van der Waals surface area contributed by atoms with E-state index >= 15 is 0 Å². The third kappa shape index (κ3) is 193000. The monoisotopic (exact) mass is 113 g/mol. The molecule has 40 valence electrons.